The number of carbonyl (C=O) groups excluding carboxylic acids is 1. The third kappa shape index (κ3) is 5.79. The number of ether oxygens (including phenoxy) is 2. The molecule has 0 saturated carbocycles. The highest BCUT2D eigenvalue weighted by Gasteiger charge is 2.31. The zero-order valence-corrected chi connectivity index (χ0v) is 15.2. The summed E-state index contributed by atoms with van der Waals surface area (Å²) < 4.78 is 11.3. The zero-order chi connectivity index (χ0) is 18.3. The summed E-state index contributed by atoms with van der Waals surface area (Å²) in [5.41, 5.74) is 0.733. The van der Waals surface area contributed by atoms with E-state index in [1.165, 1.54) is 0 Å². The highest BCUT2D eigenvalue weighted by molar-refractivity contribution is 5.73. The summed E-state index contributed by atoms with van der Waals surface area (Å²) in [5, 5.41) is 0. The van der Waals surface area contributed by atoms with Crippen molar-refractivity contribution in [1.29, 1.82) is 0 Å². The number of rotatable bonds is 7. The van der Waals surface area contributed by atoms with Crippen LogP contribution in [0.2, 0.25) is 0 Å². The smallest absolute Gasteiger partial charge is 0.310 e. The summed E-state index contributed by atoms with van der Waals surface area (Å²) in [6, 6.07) is 17.2. The van der Waals surface area contributed by atoms with E-state index in [9.17, 15) is 4.79 Å². The largest absolute Gasteiger partial charge is 0.461 e. The van der Waals surface area contributed by atoms with Crippen LogP contribution in [0.25, 0.3) is 0 Å². The molecule has 2 aromatic carbocycles. The summed E-state index contributed by atoms with van der Waals surface area (Å²) in [4.78, 5) is 12.4. The molecule has 3 heteroatoms. The average molecular weight is 338 g/mol. The van der Waals surface area contributed by atoms with Gasteiger partial charge in [-0.25, -0.2) is 0 Å². The normalized spacial score (nSPS) is 12.3. The van der Waals surface area contributed by atoms with E-state index in [-0.39, 0.29) is 23.9 Å². The maximum Gasteiger partial charge on any atom is 0.310 e. The van der Waals surface area contributed by atoms with Crippen molar-refractivity contribution in [2.75, 3.05) is 0 Å². The van der Waals surface area contributed by atoms with E-state index >= 15 is 0 Å². The Labute approximate surface area is 150 Å². The Morgan fingerprint density at radius 1 is 1.08 bits per heavy atom. The first kappa shape index (κ1) is 18.8. The van der Waals surface area contributed by atoms with E-state index < -0.39 is 0 Å². The molecule has 0 amide bonds. The van der Waals surface area contributed by atoms with Gasteiger partial charge in [0.05, 0.1) is 5.92 Å². The number of benzene rings is 2. The zero-order valence-electron chi connectivity index (χ0n) is 15.2. The van der Waals surface area contributed by atoms with Crippen molar-refractivity contribution >= 4 is 5.97 Å². The molecule has 132 valence electrons. The van der Waals surface area contributed by atoms with Gasteiger partial charge in [-0.15, -0.1) is 6.58 Å². The summed E-state index contributed by atoms with van der Waals surface area (Å²) in [7, 11) is 0. The predicted molar refractivity (Wildman–Crippen MR) is 101 cm³/mol. The number of hydrogen-bond acceptors (Lipinski definition) is 3. The first-order chi connectivity index (χ1) is 11.9. The van der Waals surface area contributed by atoms with Crippen LogP contribution in [0.4, 0.5) is 0 Å². The van der Waals surface area contributed by atoms with Gasteiger partial charge in [-0.2, -0.15) is 0 Å². The van der Waals surface area contributed by atoms with Crippen LogP contribution in [0.1, 0.15) is 32.8 Å². The van der Waals surface area contributed by atoms with Gasteiger partial charge in [-0.05, 0) is 41.7 Å². The van der Waals surface area contributed by atoms with E-state index in [4.69, 9.17) is 9.47 Å². The SMILES string of the molecule is C=CCC(C(=O)OCc1cccc(Oc2ccccc2)c1)C(C)(C)C. The predicted octanol–water partition coefficient (Wildman–Crippen LogP) is 5.76. The van der Waals surface area contributed by atoms with Gasteiger partial charge in [0.15, 0.2) is 0 Å². The molecule has 1 unspecified atom stereocenters. The van der Waals surface area contributed by atoms with Crippen molar-refractivity contribution in [2.45, 2.75) is 33.8 Å². The van der Waals surface area contributed by atoms with Gasteiger partial charge in [-0.1, -0.05) is 57.2 Å². The van der Waals surface area contributed by atoms with Gasteiger partial charge in [0.1, 0.15) is 18.1 Å². The Bertz CT molecular complexity index is 699. The maximum absolute atomic E-state index is 12.4. The van der Waals surface area contributed by atoms with E-state index in [0.29, 0.717) is 6.42 Å². The second kappa shape index (κ2) is 8.52. The van der Waals surface area contributed by atoms with E-state index in [1.807, 2.05) is 75.4 Å². The lowest BCUT2D eigenvalue weighted by molar-refractivity contribution is -0.153. The molecule has 0 radical (unpaired) electrons. The van der Waals surface area contributed by atoms with Crippen molar-refractivity contribution in [3.63, 3.8) is 0 Å². The van der Waals surface area contributed by atoms with Crippen LogP contribution in [0.3, 0.4) is 0 Å². The molecule has 3 nitrogen and oxygen atoms in total. The first-order valence-electron chi connectivity index (χ1n) is 8.49. The second-order valence-electron chi connectivity index (χ2n) is 7.11. The third-order valence-electron chi connectivity index (χ3n) is 3.99. The molecule has 1 atom stereocenters. The van der Waals surface area contributed by atoms with E-state index in [2.05, 4.69) is 6.58 Å². The Morgan fingerprint density at radius 2 is 1.76 bits per heavy atom. The van der Waals surface area contributed by atoms with Crippen molar-refractivity contribution < 1.29 is 14.3 Å². The molecule has 25 heavy (non-hydrogen) atoms. The minimum atomic E-state index is -0.200. The van der Waals surface area contributed by atoms with Gasteiger partial charge in [0.25, 0.3) is 0 Å². The Hall–Kier alpha value is -2.55. The molecule has 0 aliphatic carbocycles. The van der Waals surface area contributed by atoms with Crippen LogP contribution in [-0.2, 0) is 16.1 Å². The quantitative estimate of drug-likeness (QED) is 0.475. The van der Waals surface area contributed by atoms with Crippen LogP contribution in [0, 0.1) is 11.3 Å². The van der Waals surface area contributed by atoms with Crippen LogP contribution >= 0.6 is 0 Å². The van der Waals surface area contributed by atoms with Gasteiger partial charge < -0.3 is 9.47 Å². The summed E-state index contributed by atoms with van der Waals surface area (Å²) in [6.45, 7) is 10.1. The van der Waals surface area contributed by atoms with Gasteiger partial charge in [-0.3, -0.25) is 4.79 Å². The number of para-hydroxylation sites is 1. The molecule has 2 rings (SSSR count). The summed E-state index contributed by atoms with van der Waals surface area (Å²) in [6.07, 6.45) is 2.38. The fourth-order valence-corrected chi connectivity index (χ4v) is 2.55. The number of allylic oxidation sites excluding steroid dienone is 1. The van der Waals surface area contributed by atoms with E-state index in [0.717, 1.165) is 17.1 Å². The van der Waals surface area contributed by atoms with Crippen LogP contribution < -0.4 is 4.74 Å². The summed E-state index contributed by atoms with van der Waals surface area (Å²) >= 11 is 0. The van der Waals surface area contributed by atoms with Crippen LogP contribution in [-0.4, -0.2) is 5.97 Å². The molecule has 0 bridgehead atoms. The second-order valence-corrected chi connectivity index (χ2v) is 7.11. The number of carbonyl (C=O) groups is 1. The molecular formula is C22H26O3. The molecule has 0 aliphatic rings. The van der Waals surface area contributed by atoms with Crippen molar-refractivity contribution in [3.05, 3.63) is 72.8 Å². The molecule has 0 aliphatic heterocycles. The fraction of sp³-hybridized carbons (Fsp3) is 0.318. The molecule has 0 aromatic heterocycles. The Morgan fingerprint density at radius 3 is 2.40 bits per heavy atom. The minimum absolute atomic E-state index is 0.163. The lowest BCUT2D eigenvalue weighted by Crippen LogP contribution is -2.29. The Kier molecular flexibility index (Phi) is 6.40. The molecule has 0 heterocycles. The van der Waals surface area contributed by atoms with Crippen LogP contribution in [0.5, 0.6) is 11.5 Å². The average Bonchev–Trinajstić information content (AvgIpc) is 2.58. The topological polar surface area (TPSA) is 35.5 Å². The van der Waals surface area contributed by atoms with Crippen molar-refractivity contribution in [3.8, 4) is 11.5 Å². The molecule has 2 aromatic rings. The maximum atomic E-state index is 12.4. The van der Waals surface area contributed by atoms with Crippen molar-refractivity contribution in [1.82, 2.24) is 0 Å². The monoisotopic (exact) mass is 338 g/mol. The van der Waals surface area contributed by atoms with Gasteiger partial charge in [0.2, 0.25) is 0 Å². The standard InChI is InChI=1S/C22H26O3/c1-5-10-20(22(2,3)4)21(23)24-16-17-11-9-14-19(15-17)25-18-12-7-6-8-13-18/h5-9,11-15,20H,1,10,16H2,2-4H3. The fourth-order valence-electron chi connectivity index (χ4n) is 2.55. The molecule has 0 fully saturated rings. The lowest BCUT2D eigenvalue weighted by atomic mass is 9.79. The lowest BCUT2D eigenvalue weighted by Gasteiger charge is -2.27. The molecule has 0 N–H and O–H groups in total. The number of hydrogen-bond donors (Lipinski definition) is 0. The van der Waals surface area contributed by atoms with Crippen molar-refractivity contribution in [2.24, 2.45) is 11.3 Å². The van der Waals surface area contributed by atoms with E-state index in [1.54, 1.807) is 6.08 Å². The molecular weight excluding hydrogens is 312 g/mol. The van der Waals surface area contributed by atoms with Gasteiger partial charge in [0, 0.05) is 0 Å². The highest BCUT2D eigenvalue weighted by atomic mass is 16.5. The third-order valence-corrected chi connectivity index (χ3v) is 3.99. The van der Waals surface area contributed by atoms with Crippen LogP contribution in [0.15, 0.2) is 67.3 Å². The molecule has 0 spiro atoms. The highest BCUT2D eigenvalue weighted by Crippen LogP contribution is 2.30. The minimum Gasteiger partial charge on any atom is -0.461 e. The summed E-state index contributed by atoms with van der Waals surface area (Å²) in [5.74, 6) is 1.10. The number of esters is 1. The van der Waals surface area contributed by atoms with Gasteiger partial charge >= 0.3 is 5.97 Å². The Balaban J connectivity index is 1.99. The first-order valence-corrected chi connectivity index (χ1v) is 8.49. The molecule has 0 saturated heterocycles.